The first kappa shape index (κ1) is 14.7. The first-order valence-corrected chi connectivity index (χ1v) is 7.04. The van der Waals surface area contributed by atoms with Crippen LogP contribution in [-0.2, 0) is 11.2 Å². The fourth-order valence-electron chi connectivity index (χ4n) is 1.78. The van der Waals surface area contributed by atoms with Crippen molar-refractivity contribution in [1.82, 2.24) is 4.90 Å². The molecule has 0 aliphatic heterocycles. The van der Waals surface area contributed by atoms with E-state index >= 15 is 0 Å². The molecule has 0 saturated heterocycles. The lowest BCUT2D eigenvalue weighted by molar-refractivity contribution is -0.135. The van der Waals surface area contributed by atoms with Crippen molar-refractivity contribution in [3.05, 3.63) is 22.4 Å². The lowest BCUT2D eigenvalue weighted by atomic mass is 9.95. The third-order valence-corrected chi connectivity index (χ3v) is 4.06. The van der Waals surface area contributed by atoms with E-state index in [-0.39, 0.29) is 17.9 Å². The number of likely N-dealkylation sites (N-methyl/N-ethyl adjacent to an activating group) is 1. The molecule has 1 heterocycles. The van der Waals surface area contributed by atoms with Gasteiger partial charge < -0.3 is 4.90 Å². The molecule has 18 heavy (non-hydrogen) atoms. The Hall–Kier alpha value is -1.34. The summed E-state index contributed by atoms with van der Waals surface area (Å²) in [4.78, 5) is 15.2. The molecule has 3 nitrogen and oxygen atoms in total. The molecule has 1 amide bonds. The van der Waals surface area contributed by atoms with E-state index < -0.39 is 5.92 Å². The van der Waals surface area contributed by atoms with Gasteiger partial charge in [-0.2, -0.15) is 5.26 Å². The Morgan fingerprint density at radius 2 is 2.17 bits per heavy atom. The number of carbonyl (C=O) groups is 1. The van der Waals surface area contributed by atoms with E-state index in [9.17, 15) is 4.79 Å². The van der Waals surface area contributed by atoms with Crippen molar-refractivity contribution >= 4 is 17.2 Å². The van der Waals surface area contributed by atoms with Crippen LogP contribution in [0.2, 0.25) is 0 Å². The number of hydrogen-bond acceptors (Lipinski definition) is 3. The molecule has 1 aromatic heterocycles. The molecule has 0 aliphatic carbocycles. The monoisotopic (exact) mass is 264 g/mol. The molecule has 0 aliphatic rings. The van der Waals surface area contributed by atoms with Crippen molar-refractivity contribution in [3.8, 4) is 6.07 Å². The molecule has 0 bridgehead atoms. The average Bonchev–Trinajstić information content (AvgIpc) is 2.80. The van der Waals surface area contributed by atoms with Gasteiger partial charge in [-0.1, -0.05) is 19.9 Å². The van der Waals surface area contributed by atoms with Crippen LogP contribution in [0, 0.1) is 23.2 Å². The van der Waals surface area contributed by atoms with Gasteiger partial charge >= 0.3 is 0 Å². The highest BCUT2D eigenvalue weighted by atomic mass is 32.1. The normalized spacial score (nSPS) is 14.0. The minimum Gasteiger partial charge on any atom is -0.342 e. The second-order valence-electron chi connectivity index (χ2n) is 4.93. The van der Waals surface area contributed by atoms with Crippen LogP contribution in [0.4, 0.5) is 0 Å². The molecule has 2 unspecified atom stereocenters. The lowest BCUT2D eigenvalue weighted by Gasteiger charge is -2.27. The summed E-state index contributed by atoms with van der Waals surface area (Å²) >= 11 is 1.70. The summed E-state index contributed by atoms with van der Waals surface area (Å²) in [6.45, 7) is 5.83. The van der Waals surface area contributed by atoms with Crippen molar-refractivity contribution in [2.45, 2.75) is 33.2 Å². The van der Waals surface area contributed by atoms with Gasteiger partial charge in [-0.25, -0.2) is 0 Å². The van der Waals surface area contributed by atoms with Gasteiger partial charge in [0.15, 0.2) is 0 Å². The highest BCUT2D eigenvalue weighted by Gasteiger charge is 2.27. The van der Waals surface area contributed by atoms with E-state index in [4.69, 9.17) is 5.26 Å². The minimum atomic E-state index is -0.541. The van der Waals surface area contributed by atoms with Crippen LogP contribution in [0.5, 0.6) is 0 Å². The van der Waals surface area contributed by atoms with E-state index in [0.717, 1.165) is 6.42 Å². The number of nitriles is 1. The van der Waals surface area contributed by atoms with Crippen LogP contribution >= 0.6 is 11.3 Å². The van der Waals surface area contributed by atoms with Crippen LogP contribution in [0.1, 0.15) is 25.6 Å². The fourth-order valence-corrected chi connectivity index (χ4v) is 2.61. The zero-order chi connectivity index (χ0) is 13.7. The third-order valence-electron chi connectivity index (χ3n) is 3.16. The van der Waals surface area contributed by atoms with Gasteiger partial charge in [0.05, 0.1) is 6.07 Å². The van der Waals surface area contributed by atoms with Crippen LogP contribution in [0.3, 0.4) is 0 Å². The van der Waals surface area contributed by atoms with Gasteiger partial charge in [-0.05, 0) is 24.3 Å². The predicted octanol–water partition coefficient (Wildman–Crippen LogP) is 2.93. The smallest absolute Gasteiger partial charge is 0.240 e. The Kier molecular flexibility index (Phi) is 5.36. The molecule has 0 fully saturated rings. The van der Waals surface area contributed by atoms with Crippen LogP contribution in [0.15, 0.2) is 17.5 Å². The number of rotatable bonds is 5. The number of nitrogens with zero attached hydrogens (tertiary/aromatic N) is 2. The first-order chi connectivity index (χ1) is 8.47. The molecule has 2 atom stereocenters. The molecular weight excluding hydrogens is 244 g/mol. The largest absolute Gasteiger partial charge is 0.342 e. The average molecular weight is 264 g/mol. The molecule has 0 saturated carbocycles. The maximum Gasteiger partial charge on any atom is 0.240 e. The number of hydrogen-bond donors (Lipinski definition) is 0. The summed E-state index contributed by atoms with van der Waals surface area (Å²) in [7, 11) is 1.79. The van der Waals surface area contributed by atoms with Gasteiger partial charge in [0, 0.05) is 24.4 Å². The third kappa shape index (κ3) is 3.58. The lowest BCUT2D eigenvalue weighted by Crippen LogP contribution is -2.41. The Morgan fingerprint density at radius 3 is 2.61 bits per heavy atom. The molecule has 4 heteroatoms. The Balaban J connectivity index is 2.66. The van der Waals surface area contributed by atoms with Gasteiger partial charge in [-0.3, -0.25) is 4.79 Å². The molecule has 98 valence electrons. The SMILES string of the molecule is CC(C)C(C#N)C(=O)N(C)C(C)Cc1cccs1. The predicted molar refractivity (Wildman–Crippen MR) is 74.2 cm³/mol. The van der Waals surface area contributed by atoms with Gasteiger partial charge in [0.25, 0.3) is 0 Å². The van der Waals surface area contributed by atoms with Crippen molar-refractivity contribution in [2.24, 2.45) is 11.8 Å². The maximum absolute atomic E-state index is 12.2. The summed E-state index contributed by atoms with van der Waals surface area (Å²) in [6.07, 6.45) is 0.843. The highest BCUT2D eigenvalue weighted by Crippen LogP contribution is 2.17. The molecule has 0 aromatic carbocycles. The van der Waals surface area contributed by atoms with E-state index in [1.807, 2.05) is 32.2 Å². The van der Waals surface area contributed by atoms with Crippen LogP contribution in [-0.4, -0.2) is 23.9 Å². The molecule has 1 aromatic rings. The zero-order valence-corrected chi connectivity index (χ0v) is 12.2. The van der Waals surface area contributed by atoms with Crippen molar-refractivity contribution in [2.75, 3.05) is 7.05 Å². The minimum absolute atomic E-state index is 0.0545. The van der Waals surface area contributed by atoms with Crippen LogP contribution in [0.25, 0.3) is 0 Å². The van der Waals surface area contributed by atoms with Crippen molar-refractivity contribution in [3.63, 3.8) is 0 Å². The van der Waals surface area contributed by atoms with Crippen molar-refractivity contribution < 1.29 is 4.79 Å². The van der Waals surface area contributed by atoms with E-state index in [1.165, 1.54) is 4.88 Å². The maximum atomic E-state index is 12.2. The molecule has 0 radical (unpaired) electrons. The van der Waals surface area contributed by atoms with Gasteiger partial charge in [0.1, 0.15) is 5.92 Å². The zero-order valence-electron chi connectivity index (χ0n) is 11.4. The Bertz CT molecular complexity index is 420. The van der Waals surface area contributed by atoms with Gasteiger partial charge in [0.2, 0.25) is 5.91 Å². The summed E-state index contributed by atoms with van der Waals surface area (Å²) in [5.41, 5.74) is 0. The number of amides is 1. The molecule has 0 spiro atoms. The first-order valence-electron chi connectivity index (χ1n) is 6.16. The quantitative estimate of drug-likeness (QED) is 0.820. The number of carbonyl (C=O) groups excluding carboxylic acids is 1. The summed E-state index contributed by atoms with van der Waals surface area (Å²) in [5.74, 6) is -0.559. The Morgan fingerprint density at radius 1 is 1.50 bits per heavy atom. The second kappa shape index (κ2) is 6.55. The standard InChI is InChI=1S/C14H20N2OS/c1-10(2)13(9-15)14(17)16(4)11(3)8-12-6-5-7-18-12/h5-7,10-11,13H,8H2,1-4H3. The molecule has 1 rings (SSSR count). The Labute approximate surface area is 113 Å². The molecular formula is C14H20N2OS. The summed E-state index contributed by atoms with van der Waals surface area (Å²) in [5, 5.41) is 11.1. The van der Waals surface area contributed by atoms with E-state index in [1.54, 1.807) is 23.3 Å². The molecule has 0 N–H and O–H groups in total. The second-order valence-corrected chi connectivity index (χ2v) is 5.96. The van der Waals surface area contributed by atoms with E-state index in [0.29, 0.717) is 0 Å². The summed E-state index contributed by atoms with van der Waals surface area (Å²) < 4.78 is 0. The number of thiophene rings is 1. The fraction of sp³-hybridized carbons (Fsp3) is 0.571. The van der Waals surface area contributed by atoms with Crippen molar-refractivity contribution in [1.29, 1.82) is 5.26 Å². The van der Waals surface area contributed by atoms with Gasteiger partial charge in [-0.15, -0.1) is 11.3 Å². The topological polar surface area (TPSA) is 44.1 Å². The highest BCUT2D eigenvalue weighted by molar-refractivity contribution is 7.09. The van der Waals surface area contributed by atoms with Crippen LogP contribution < -0.4 is 0 Å². The van der Waals surface area contributed by atoms with E-state index in [2.05, 4.69) is 12.1 Å². The summed E-state index contributed by atoms with van der Waals surface area (Å²) in [6, 6.07) is 6.31.